The Kier molecular flexibility index (Phi) is 16.7. The van der Waals surface area contributed by atoms with Gasteiger partial charge >= 0.3 is 284 Å². The van der Waals surface area contributed by atoms with E-state index >= 15 is 0 Å². The maximum atomic E-state index is 13.8. The average molecular weight is 747 g/mol. The SMILES string of the molecule is CCC/C=C\C(C)[C@H]1OC(C)(C)O[C@H]1CCC([Se]=P)c1cc(OCC[Si](C)(C)C)cc(OCOC)c1C(=O)OCC[Si](C)(C)C. The molecule has 1 aliphatic rings. The zero-order valence-corrected chi connectivity index (χ0v) is 34.5. The van der Waals surface area contributed by atoms with Crippen molar-refractivity contribution in [3.05, 3.63) is 35.4 Å². The summed E-state index contributed by atoms with van der Waals surface area (Å²) in [4.78, 5) is 13.8. The molecule has 1 aromatic carbocycles. The Bertz CT molecular complexity index is 1120. The maximum absolute atomic E-state index is 13.8. The van der Waals surface area contributed by atoms with Crippen LogP contribution in [0.3, 0.4) is 0 Å². The first kappa shape index (κ1) is 40.3. The molecule has 1 radical (unpaired) electrons. The third kappa shape index (κ3) is 14.4. The van der Waals surface area contributed by atoms with Crippen LogP contribution in [-0.4, -0.2) is 81.3 Å². The molecule has 0 aromatic heterocycles. The fourth-order valence-corrected chi connectivity index (χ4v) is 9.00. The van der Waals surface area contributed by atoms with Crippen LogP contribution in [0, 0.1) is 5.92 Å². The second-order valence-corrected chi connectivity index (χ2v) is 29.1. The Labute approximate surface area is 283 Å². The van der Waals surface area contributed by atoms with Crippen molar-refractivity contribution >= 4 is 43.6 Å². The Morgan fingerprint density at radius 2 is 1.73 bits per heavy atom. The fraction of sp³-hybridized carbons (Fsp3) is 0.735. The van der Waals surface area contributed by atoms with Crippen LogP contribution in [0.2, 0.25) is 51.4 Å². The van der Waals surface area contributed by atoms with Gasteiger partial charge in [-0.2, -0.15) is 0 Å². The molecular weight excluding hydrogens is 686 g/mol. The number of rotatable bonds is 20. The minimum absolute atomic E-state index is 0.0139. The topological polar surface area (TPSA) is 72.5 Å². The number of allylic oxidation sites excluding steroid dienone is 1. The number of hydrogen-bond acceptors (Lipinski definition) is 7. The monoisotopic (exact) mass is 747 g/mol. The first-order valence-corrected chi connectivity index (χ1v) is 27.8. The molecule has 0 aliphatic carbocycles. The average Bonchev–Trinajstić information content (AvgIpc) is 3.25. The van der Waals surface area contributed by atoms with Gasteiger partial charge in [0.1, 0.15) is 0 Å². The molecule has 1 aromatic rings. The third-order valence-electron chi connectivity index (χ3n) is 7.69. The van der Waals surface area contributed by atoms with E-state index in [0.29, 0.717) is 30.3 Å². The molecule has 7 nitrogen and oxygen atoms in total. The second kappa shape index (κ2) is 18.6. The van der Waals surface area contributed by atoms with Crippen molar-refractivity contribution < 1.29 is 33.2 Å². The van der Waals surface area contributed by atoms with Crippen LogP contribution in [0.5, 0.6) is 11.5 Å². The molecule has 257 valence electrons. The van der Waals surface area contributed by atoms with Gasteiger partial charge in [-0.25, -0.2) is 0 Å². The number of carbonyl (C=O) groups is 1. The first-order chi connectivity index (χ1) is 21.0. The van der Waals surface area contributed by atoms with E-state index in [1.807, 2.05) is 26.0 Å². The molecule has 4 atom stereocenters. The van der Waals surface area contributed by atoms with Crippen LogP contribution in [-0.2, 0) is 18.9 Å². The number of hydrogen-bond donors (Lipinski definition) is 0. The van der Waals surface area contributed by atoms with Crippen LogP contribution in [0.4, 0.5) is 0 Å². The Hall–Kier alpha value is -0.837. The molecule has 45 heavy (non-hydrogen) atoms. The number of methoxy groups -OCH3 is 1. The first-order valence-electron chi connectivity index (χ1n) is 16.4. The summed E-state index contributed by atoms with van der Waals surface area (Å²) in [7, 11) is 2.80. The van der Waals surface area contributed by atoms with Crippen molar-refractivity contribution in [1.82, 2.24) is 0 Å². The molecule has 0 N–H and O–H groups in total. The second-order valence-electron chi connectivity index (χ2n) is 14.9. The van der Waals surface area contributed by atoms with Crippen molar-refractivity contribution in [1.29, 1.82) is 0 Å². The van der Waals surface area contributed by atoms with Gasteiger partial charge in [-0.1, -0.05) is 0 Å². The molecule has 0 bridgehead atoms. The number of esters is 1. The standard InChI is InChI=1S/C34H60O7PSeSi2/c1-12-13-14-15-25(2)32-28(40-34(3,4)41-32)16-17-30(43-42)27-22-26(37-18-20-44(6,7)8)23-29(39-24-36-5)31(27)33(35)38-19-21-45(9,10)11/h14-15,22-23,25,28,30,32,42H,12-13,16-21,24H2,1-11H3/b15-14-/t25?,28-,30?,32+/m0/s1. The van der Waals surface area contributed by atoms with E-state index in [0.717, 1.165) is 43.3 Å². The van der Waals surface area contributed by atoms with Gasteiger partial charge in [0, 0.05) is 0 Å². The van der Waals surface area contributed by atoms with E-state index in [-0.39, 0.29) is 49.7 Å². The number of carbonyl (C=O) groups excluding carboxylic acids is 1. The molecule has 0 saturated carbocycles. The van der Waals surface area contributed by atoms with Crippen LogP contribution in [0.15, 0.2) is 24.3 Å². The van der Waals surface area contributed by atoms with Crippen LogP contribution < -0.4 is 9.47 Å². The van der Waals surface area contributed by atoms with Gasteiger partial charge in [0.2, 0.25) is 0 Å². The third-order valence-corrected chi connectivity index (χ3v) is 14.2. The van der Waals surface area contributed by atoms with Crippen molar-refractivity contribution in [3.8, 4) is 11.5 Å². The van der Waals surface area contributed by atoms with Gasteiger partial charge < -0.3 is 0 Å². The van der Waals surface area contributed by atoms with E-state index in [4.69, 9.17) is 28.4 Å². The summed E-state index contributed by atoms with van der Waals surface area (Å²) in [6, 6.07) is 5.77. The molecule has 2 unspecified atom stereocenters. The molecular formula is C34H60O7PSeSi2. The summed E-state index contributed by atoms with van der Waals surface area (Å²) in [5.74, 6) is 0.351. The number of ether oxygens (including phenoxy) is 6. The van der Waals surface area contributed by atoms with E-state index in [9.17, 15) is 4.79 Å². The predicted molar refractivity (Wildman–Crippen MR) is 194 cm³/mol. The molecule has 2 rings (SSSR count). The van der Waals surface area contributed by atoms with Gasteiger partial charge in [-0.05, 0) is 0 Å². The predicted octanol–water partition coefficient (Wildman–Crippen LogP) is 8.98. The van der Waals surface area contributed by atoms with Crippen LogP contribution >= 0.6 is 7.49 Å². The summed E-state index contributed by atoms with van der Waals surface area (Å²) in [6.07, 6.45) is 8.16. The fourth-order valence-electron chi connectivity index (χ4n) is 5.11. The molecule has 1 heterocycles. The summed E-state index contributed by atoms with van der Waals surface area (Å²) >= 11 is -0.0139. The van der Waals surface area contributed by atoms with E-state index in [1.54, 1.807) is 7.11 Å². The van der Waals surface area contributed by atoms with E-state index in [1.165, 1.54) is 0 Å². The molecule has 0 spiro atoms. The van der Waals surface area contributed by atoms with Crippen LogP contribution in [0.25, 0.3) is 0 Å². The van der Waals surface area contributed by atoms with Gasteiger partial charge in [0.25, 0.3) is 0 Å². The zero-order valence-electron chi connectivity index (χ0n) is 29.7. The Balaban J connectivity index is 2.46. The summed E-state index contributed by atoms with van der Waals surface area (Å²) in [5, 5.41) is 0. The molecule has 1 fully saturated rings. The van der Waals surface area contributed by atoms with Crippen molar-refractivity contribution in [2.24, 2.45) is 5.92 Å². The van der Waals surface area contributed by atoms with Crippen molar-refractivity contribution in [3.63, 3.8) is 0 Å². The van der Waals surface area contributed by atoms with E-state index in [2.05, 4.69) is 72.8 Å². The zero-order chi connectivity index (χ0) is 33.8. The van der Waals surface area contributed by atoms with Crippen molar-refractivity contribution in [2.75, 3.05) is 27.1 Å². The van der Waals surface area contributed by atoms with Crippen LogP contribution in [0.1, 0.15) is 74.1 Å². The van der Waals surface area contributed by atoms with Crippen molar-refractivity contribution in [2.45, 2.75) is 128 Å². The molecule has 1 saturated heterocycles. The summed E-state index contributed by atoms with van der Waals surface area (Å²) in [5.41, 5.74) is 1.34. The quantitative estimate of drug-likeness (QED) is 0.0434. The minimum atomic E-state index is -1.39. The number of benzene rings is 1. The Morgan fingerprint density at radius 1 is 1.07 bits per heavy atom. The van der Waals surface area contributed by atoms with Gasteiger partial charge in [0.05, 0.1) is 0 Å². The molecule has 11 heteroatoms. The summed E-state index contributed by atoms with van der Waals surface area (Å²) < 4.78 is 36.4. The number of unbranched alkanes of at least 4 members (excludes halogenated alkanes) is 1. The van der Waals surface area contributed by atoms with Gasteiger partial charge in [-0.3, -0.25) is 0 Å². The van der Waals surface area contributed by atoms with Gasteiger partial charge in [0.15, 0.2) is 0 Å². The molecule has 1 aliphatic heterocycles. The summed E-state index contributed by atoms with van der Waals surface area (Å²) in [6.45, 7) is 23.2. The normalized spacial score (nSPS) is 19.8. The molecule has 0 amide bonds. The van der Waals surface area contributed by atoms with Gasteiger partial charge in [-0.15, -0.1) is 0 Å². The van der Waals surface area contributed by atoms with E-state index < -0.39 is 21.9 Å². The Morgan fingerprint density at radius 3 is 2.33 bits per heavy atom.